The minimum absolute atomic E-state index is 0.0567. The minimum Gasteiger partial charge on any atom is -0.403 e. The van der Waals surface area contributed by atoms with Gasteiger partial charge < -0.3 is 5.73 Å². The summed E-state index contributed by atoms with van der Waals surface area (Å²) in [6, 6.07) is 1.20. The highest BCUT2D eigenvalue weighted by molar-refractivity contribution is 6.32. The maximum Gasteiger partial charge on any atom is 0.289 e. The summed E-state index contributed by atoms with van der Waals surface area (Å²) in [5.74, 6) is 5.49. The van der Waals surface area contributed by atoms with Gasteiger partial charge in [0, 0.05) is 18.5 Å². The fourth-order valence-electron chi connectivity index (χ4n) is 0.880. The highest BCUT2D eigenvalue weighted by Crippen LogP contribution is 2.25. The summed E-state index contributed by atoms with van der Waals surface area (Å²) in [5, 5.41) is 11.6. The van der Waals surface area contributed by atoms with Crippen molar-refractivity contribution in [2.45, 2.75) is 13.8 Å². The zero-order valence-corrected chi connectivity index (χ0v) is 10.3. The molecule has 4 N–H and O–H groups in total. The van der Waals surface area contributed by atoms with Crippen LogP contribution in [0.15, 0.2) is 24.7 Å². The van der Waals surface area contributed by atoms with Gasteiger partial charge in [-0.1, -0.05) is 25.4 Å². The molecule has 0 fully saturated rings. The van der Waals surface area contributed by atoms with E-state index in [0.717, 1.165) is 11.2 Å². The van der Waals surface area contributed by atoms with Crippen LogP contribution in [0.2, 0.25) is 5.15 Å². The van der Waals surface area contributed by atoms with Crippen molar-refractivity contribution in [1.29, 1.82) is 0 Å². The number of pyridine rings is 1. The van der Waals surface area contributed by atoms with Crippen molar-refractivity contribution in [2.24, 2.45) is 11.6 Å². The van der Waals surface area contributed by atoms with Crippen molar-refractivity contribution in [2.75, 3.05) is 5.01 Å². The number of hydrazine groups is 1. The summed E-state index contributed by atoms with van der Waals surface area (Å²) in [4.78, 5) is 13.5. The fraction of sp³-hybridized carbons (Fsp3) is 0.222. The van der Waals surface area contributed by atoms with Crippen molar-refractivity contribution in [3.05, 3.63) is 39.9 Å². The minimum atomic E-state index is -0.590. The van der Waals surface area contributed by atoms with E-state index in [1.54, 1.807) is 0 Å². The molecule has 0 atom stereocenters. The molecule has 0 saturated carbocycles. The highest BCUT2D eigenvalue weighted by atomic mass is 35.5. The number of halogens is 1. The molecule has 0 spiro atoms. The lowest BCUT2D eigenvalue weighted by Gasteiger charge is -2.13. The van der Waals surface area contributed by atoms with Gasteiger partial charge in [-0.15, -0.1) is 0 Å². The van der Waals surface area contributed by atoms with Gasteiger partial charge in [-0.2, -0.15) is 0 Å². The second-order valence-corrected chi connectivity index (χ2v) is 2.87. The molecule has 1 aromatic heterocycles. The quantitative estimate of drug-likeness (QED) is 0.370. The predicted molar refractivity (Wildman–Crippen MR) is 67.2 cm³/mol. The van der Waals surface area contributed by atoms with Crippen molar-refractivity contribution in [3.63, 3.8) is 0 Å². The molecule has 1 rings (SSSR count). The van der Waals surface area contributed by atoms with E-state index < -0.39 is 4.92 Å². The van der Waals surface area contributed by atoms with E-state index in [2.05, 4.69) is 4.98 Å². The lowest BCUT2D eigenvalue weighted by molar-refractivity contribution is -0.385. The molecule has 0 saturated heterocycles. The van der Waals surface area contributed by atoms with Gasteiger partial charge in [-0.25, -0.2) is 10.8 Å². The Bertz CT molecular complexity index is 410. The summed E-state index contributed by atoms with van der Waals surface area (Å²) in [6.07, 6.45) is 3.52. The number of nitro groups is 1. The number of nitrogens with zero attached hydrogens (tertiary/aromatic N) is 3. The van der Waals surface area contributed by atoms with E-state index in [-0.39, 0.29) is 16.5 Å². The molecule has 0 radical (unpaired) electrons. The maximum absolute atomic E-state index is 10.5. The Balaban J connectivity index is 0.00000121. The van der Waals surface area contributed by atoms with Gasteiger partial charge in [0.25, 0.3) is 5.69 Å². The second kappa shape index (κ2) is 7.42. The van der Waals surface area contributed by atoms with E-state index in [0.29, 0.717) is 0 Å². The second-order valence-electron chi connectivity index (χ2n) is 2.51. The van der Waals surface area contributed by atoms with Gasteiger partial charge in [-0.3, -0.25) is 15.1 Å². The van der Waals surface area contributed by atoms with Crippen LogP contribution in [-0.2, 0) is 0 Å². The average molecular weight is 260 g/mol. The lowest BCUT2D eigenvalue weighted by atomic mass is 10.3. The molecule has 17 heavy (non-hydrogen) atoms. The molecule has 1 heterocycles. The third-order valence-corrected chi connectivity index (χ3v) is 1.83. The molecule has 0 aliphatic rings. The highest BCUT2D eigenvalue weighted by Gasteiger charge is 2.13. The van der Waals surface area contributed by atoms with Crippen LogP contribution < -0.4 is 16.6 Å². The summed E-state index contributed by atoms with van der Waals surface area (Å²) < 4.78 is 0. The molecule has 0 amide bonds. The molecule has 0 bridgehead atoms. The SMILES string of the molecule is CC.N/C=C\N(N)c1cc([N+](=O)[O-])cnc1Cl. The Morgan fingerprint density at radius 1 is 1.59 bits per heavy atom. The molecular weight excluding hydrogens is 246 g/mol. The van der Waals surface area contributed by atoms with Crippen LogP contribution in [0.4, 0.5) is 11.4 Å². The van der Waals surface area contributed by atoms with Crippen LogP contribution in [-0.4, -0.2) is 9.91 Å². The van der Waals surface area contributed by atoms with Gasteiger partial charge in [-0.05, 0) is 0 Å². The molecule has 0 unspecified atom stereocenters. The van der Waals surface area contributed by atoms with E-state index in [9.17, 15) is 10.1 Å². The third-order valence-electron chi connectivity index (χ3n) is 1.54. The first-order chi connectivity index (χ1) is 8.06. The molecule has 1 aromatic rings. The van der Waals surface area contributed by atoms with Crippen molar-refractivity contribution in [3.8, 4) is 0 Å². The Hall–Kier alpha value is -1.86. The zero-order valence-electron chi connectivity index (χ0n) is 9.50. The van der Waals surface area contributed by atoms with Gasteiger partial charge in [0.1, 0.15) is 11.9 Å². The van der Waals surface area contributed by atoms with Crippen molar-refractivity contribution >= 4 is 23.0 Å². The van der Waals surface area contributed by atoms with Gasteiger partial charge >= 0.3 is 0 Å². The van der Waals surface area contributed by atoms with Crippen LogP contribution in [0.5, 0.6) is 0 Å². The molecule has 7 nitrogen and oxygen atoms in total. The molecule has 8 heteroatoms. The Labute approximate surface area is 104 Å². The van der Waals surface area contributed by atoms with E-state index in [1.807, 2.05) is 13.8 Å². The first-order valence-electron chi connectivity index (χ1n) is 4.78. The number of hydrogen-bond acceptors (Lipinski definition) is 6. The average Bonchev–Trinajstić information content (AvgIpc) is 2.32. The number of anilines is 1. The summed E-state index contributed by atoms with van der Waals surface area (Å²) in [7, 11) is 0. The molecule has 0 aromatic carbocycles. The predicted octanol–water partition coefficient (Wildman–Crippen LogP) is 1.78. The number of rotatable bonds is 3. The first-order valence-corrected chi connectivity index (χ1v) is 5.16. The number of aromatic nitrogens is 1. The largest absolute Gasteiger partial charge is 0.403 e. The standard InChI is InChI=1S/C7H8ClN5O2.C2H6/c8-7-6(12(10)2-1-9)3-5(4-11-7)13(14)15;1-2/h1-4H,9-10H2;1-2H3/b2-1-;. The Kier molecular flexibility index (Phi) is 6.61. The third kappa shape index (κ3) is 4.25. The fourth-order valence-corrected chi connectivity index (χ4v) is 1.08. The normalized spacial score (nSPS) is 9.65. The van der Waals surface area contributed by atoms with Crippen LogP contribution in [0.25, 0.3) is 0 Å². The van der Waals surface area contributed by atoms with Crippen LogP contribution in [0, 0.1) is 10.1 Å². The summed E-state index contributed by atoms with van der Waals surface area (Å²) in [5.41, 5.74) is 5.12. The van der Waals surface area contributed by atoms with Crippen LogP contribution >= 0.6 is 11.6 Å². The van der Waals surface area contributed by atoms with Gasteiger partial charge in [0.05, 0.1) is 4.92 Å². The summed E-state index contributed by atoms with van der Waals surface area (Å²) >= 11 is 5.70. The number of hydrogen-bond donors (Lipinski definition) is 2. The topological polar surface area (TPSA) is 111 Å². The van der Waals surface area contributed by atoms with Gasteiger partial charge in [0.2, 0.25) is 0 Å². The monoisotopic (exact) mass is 259 g/mol. The molecule has 0 aliphatic heterocycles. The first kappa shape index (κ1) is 15.1. The van der Waals surface area contributed by atoms with E-state index in [4.69, 9.17) is 23.2 Å². The van der Waals surface area contributed by atoms with E-state index in [1.165, 1.54) is 18.5 Å². The lowest BCUT2D eigenvalue weighted by Crippen LogP contribution is -2.25. The van der Waals surface area contributed by atoms with Crippen molar-refractivity contribution < 1.29 is 4.92 Å². The van der Waals surface area contributed by atoms with Gasteiger partial charge in [0.15, 0.2) is 5.15 Å². The van der Waals surface area contributed by atoms with Crippen molar-refractivity contribution in [1.82, 2.24) is 4.98 Å². The molecule has 0 aliphatic carbocycles. The Morgan fingerprint density at radius 2 is 2.18 bits per heavy atom. The summed E-state index contributed by atoms with van der Waals surface area (Å²) in [6.45, 7) is 4.00. The number of nitrogens with two attached hydrogens (primary N) is 2. The van der Waals surface area contributed by atoms with Crippen LogP contribution in [0.1, 0.15) is 13.8 Å². The maximum atomic E-state index is 10.5. The zero-order chi connectivity index (χ0) is 13.4. The van der Waals surface area contributed by atoms with Crippen LogP contribution in [0.3, 0.4) is 0 Å². The Morgan fingerprint density at radius 3 is 2.65 bits per heavy atom. The molecular formula is C9H14ClN5O2. The molecule has 94 valence electrons. The van der Waals surface area contributed by atoms with E-state index >= 15 is 0 Å². The smallest absolute Gasteiger partial charge is 0.289 e.